The van der Waals surface area contributed by atoms with Crippen molar-refractivity contribution in [2.75, 3.05) is 20.1 Å². The van der Waals surface area contributed by atoms with Crippen molar-refractivity contribution in [1.29, 1.82) is 0 Å². The predicted octanol–water partition coefficient (Wildman–Crippen LogP) is 2.94. The Labute approximate surface area is 178 Å². The van der Waals surface area contributed by atoms with Crippen LogP contribution < -0.4 is 10.6 Å². The number of halogens is 1. The second-order valence-electron chi connectivity index (χ2n) is 7.62. The molecule has 6 nitrogen and oxygen atoms in total. The van der Waals surface area contributed by atoms with Gasteiger partial charge in [0.25, 0.3) is 0 Å². The number of nitrogens with zero attached hydrogens (tertiary/aromatic N) is 4. The summed E-state index contributed by atoms with van der Waals surface area (Å²) in [6.07, 6.45) is 8.87. The van der Waals surface area contributed by atoms with Crippen molar-refractivity contribution >= 4 is 35.6 Å². The molecule has 4 rings (SSSR count). The molecule has 0 bridgehead atoms. The van der Waals surface area contributed by atoms with Crippen LogP contribution in [0.1, 0.15) is 43.5 Å². The van der Waals surface area contributed by atoms with Crippen LogP contribution in [-0.2, 0) is 6.54 Å². The van der Waals surface area contributed by atoms with Crippen molar-refractivity contribution in [2.45, 2.75) is 57.7 Å². The highest BCUT2D eigenvalue weighted by atomic mass is 127. The number of nitrogens with one attached hydrogen (secondary N) is 2. The maximum absolute atomic E-state index is 4.69. The van der Waals surface area contributed by atoms with E-state index in [1.54, 1.807) is 0 Å². The standard InChI is InChI=1S/C20H30N6.HI/c1-15-6-5-9-19-23-17(14-26(15)19)12-22-20(21-2)24-16-10-11-25(13-16)18-7-3-4-8-18;/h5-6,9,14,16,18H,3-4,7-8,10-13H2,1-2H3,(H2,21,22,24);1H. The van der Waals surface area contributed by atoms with Crippen LogP contribution in [0.4, 0.5) is 0 Å². The molecule has 3 heterocycles. The zero-order chi connectivity index (χ0) is 17.9. The lowest BCUT2D eigenvalue weighted by Gasteiger charge is -2.24. The van der Waals surface area contributed by atoms with Crippen LogP contribution in [0, 0.1) is 6.92 Å². The van der Waals surface area contributed by atoms with Gasteiger partial charge in [0, 0.05) is 44.1 Å². The molecule has 1 atom stereocenters. The Morgan fingerprint density at radius 3 is 2.81 bits per heavy atom. The SMILES string of the molecule is CN=C(NCc1cn2c(C)cccc2n1)NC1CCN(C2CCCC2)C1.I. The summed E-state index contributed by atoms with van der Waals surface area (Å²) in [7, 11) is 1.84. The lowest BCUT2D eigenvalue weighted by atomic mass is 10.2. The first-order chi connectivity index (χ1) is 12.7. The molecule has 2 N–H and O–H groups in total. The first-order valence-corrected chi connectivity index (χ1v) is 9.88. The minimum absolute atomic E-state index is 0. The lowest BCUT2D eigenvalue weighted by molar-refractivity contribution is 0.242. The highest BCUT2D eigenvalue weighted by molar-refractivity contribution is 14.0. The first kappa shape index (κ1) is 20.4. The molecule has 1 unspecified atom stereocenters. The van der Waals surface area contributed by atoms with E-state index in [4.69, 9.17) is 0 Å². The Morgan fingerprint density at radius 2 is 2.07 bits per heavy atom. The molecule has 2 aromatic heterocycles. The largest absolute Gasteiger partial charge is 0.352 e. The van der Waals surface area contributed by atoms with Gasteiger partial charge < -0.3 is 15.0 Å². The van der Waals surface area contributed by atoms with E-state index >= 15 is 0 Å². The molecule has 27 heavy (non-hydrogen) atoms. The van der Waals surface area contributed by atoms with Crippen molar-refractivity contribution in [3.05, 3.63) is 35.8 Å². The van der Waals surface area contributed by atoms with Gasteiger partial charge in [0.15, 0.2) is 5.96 Å². The van der Waals surface area contributed by atoms with E-state index in [-0.39, 0.29) is 24.0 Å². The van der Waals surface area contributed by atoms with Crippen molar-refractivity contribution in [1.82, 2.24) is 24.9 Å². The van der Waals surface area contributed by atoms with Gasteiger partial charge in [0.2, 0.25) is 0 Å². The fourth-order valence-electron chi connectivity index (χ4n) is 4.35. The molecule has 0 radical (unpaired) electrons. The van der Waals surface area contributed by atoms with Gasteiger partial charge in [-0.2, -0.15) is 0 Å². The van der Waals surface area contributed by atoms with Gasteiger partial charge >= 0.3 is 0 Å². The first-order valence-electron chi connectivity index (χ1n) is 9.88. The summed E-state index contributed by atoms with van der Waals surface area (Å²) in [4.78, 5) is 11.8. The van der Waals surface area contributed by atoms with Crippen LogP contribution in [0.2, 0.25) is 0 Å². The van der Waals surface area contributed by atoms with Crippen LogP contribution in [0.25, 0.3) is 5.65 Å². The van der Waals surface area contributed by atoms with E-state index < -0.39 is 0 Å². The normalized spacial score (nSPS) is 21.6. The molecule has 2 aromatic rings. The van der Waals surface area contributed by atoms with Gasteiger partial charge in [-0.05, 0) is 38.3 Å². The molecular formula is C20H31IN6. The summed E-state index contributed by atoms with van der Waals surface area (Å²) in [5.41, 5.74) is 3.22. The van der Waals surface area contributed by atoms with Crippen LogP contribution in [0.5, 0.6) is 0 Å². The number of fused-ring (bicyclic) bond motifs is 1. The Bertz CT molecular complexity index is 780. The quantitative estimate of drug-likeness (QED) is 0.400. The van der Waals surface area contributed by atoms with E-state index in [0.29, 0.717) is 12.6 Å². The third-order valence-corrected chi connectivity index (χ3v) is 5.81. The zero-order valence-electron chi connectivity index (χ0n) is 16.3. The summed E-state index contributed by atoms with van der Waals surface area (Å²) in [5, 5.41) is 7.02. The third kappa shape index (κ3) is 4.74. The molecule has 148 valence electrons. The van der Waals surface area contributed by atoms with Gasteiger partial charge in [0.1, 0.15) is 5.65 Å². The minimum atomic E-state index is 0. The number of pyridine rings is 1. The predicted molar refractivity (Wildman–Crippen MR) is 121 cm³/mol. The fourth-order valence-corrected chi connectivity index (χ4v) is 4.35. The number of hydrogen-bond acceptors (Lipinski definition) is 3. The molecule has 1 saturated carbocycles. The molecule has 0 spiro atoms. The van der Waals surface area contributed by atoms with Crippen molar-refractivity contribution < 1.29 is 0 Å². The number of likely N-dealkylation sites (tertiary alicyclic amines) is 1. The van der Waals surface area contributed by atoms with Gasteiger partial charge in [-0.25, -0.2) is 4.98 Å². The Hall–Kier alpha value is -1.35. The van der Waals surface area contributed by atoms with E-state index in [1.165, 1.54) is 44.3 Å². The number of imidazole rings is 1. The van der Waals surface area contributed by atoms with Crippen molar-refractivity contribution in [3.63, 3.8) is 0 Å². The third-order valence-electron chi connectivity index (χ3n) is 5.81. The van der Waals surface area contributed by atoms with Gasteiger partial charge in [-0.15, -0.1) is 24.0 Å². The monoisotopic (exact) mass is 482 g/mol. The molecule has 1 aliphatic carbocycles. The van der Waals surface area contributed by atoms with Crippen LogP contribution in [0.15, 0.2) is 29.4 Å². The maximum atomic E-state index is 4.69. The average Bonchev–Trinajstić information content (AvgIpc) is 3.38. The van der Waals surface area contributed by atoms with Crippen LogP contribution in [-0.4, -0.2) is 52.5 Å². The second-order valence-corrected chi connectivity index (χ2v) is 7.62. The Kier molecular flexibility index (Phi) is 6.97. The molecule has 1 aliphatic heterocycles. The molecular weight excluding hydrogens is 451 g/mol. The second kappa shape index (κ2) is 9.23. The topological polar surface area (TPSA) is 57.0 Å². The number of aryl methyl sites for hydroxylation is 1. The van der Waals surface area contributed by atoms with Gasteiger partial charge in [0.05, 0.1) is 12.2 Å². The van der Waals surface area contributed by atoms with Crippen LogP contribution in [0.3, 0.4) is 0 Å². The van der Waals surface area contributed by atoms with Crippen LogP contribution >= 0.6 is 24.0 Å². The van der Waals surface area contributed by atoms with E-state index in [9.17, 15) is 0 Å². The summed E-state index contributed by atoms with van der Waals surface area (Å²) >= 11 is 0. The minimum Gasteiger partial charge on any atom is -0.352 e. The number of rotatable bonds is 4. The summed E-state index contributed by atoms with van der Waals surface area (Å²) in [6.45, 7) is 5.13. The summed E-state index contributed by atoms with van der Waals surface area (Å²) in [5.74, 6) is 0.872. The number of aliphatic imine (C=N–C) groups is 1. The maximum Gasteiger partial charge on any atom is 0.191 e. The van der Waals surface area contributed by atoms with E-state index in [1.807, 2.05) is 19.2 Å². The highest BCUT2D eigenvalue weighted by Crippen LogP contribution is 2.26. The van der Waals surface area contributed by atoms with Crippen molar-refractivity contribution in [3.8, 4) is 0 Å². The molecule has 0 aromatic carbocycles. The number of aromatic nitrogens is 2. The lowest BCUT2D eigenvalue weighted by Crippen LogP contribution is -2.45. The van der Waals surface area contributed by atoms with Crippen molar-refractivity contribution in [2.24, 2.45) is 4.99 Å². The summed E-state index contributed by atoms with van der Waals surface area (Å²) in [6, 6.07) is 7.50. The average molecular weight is 482 g/mol. The number of hydrogen-bond donors (Lipinski definition) is 2. The highest BCUT2D eigenvalue weighted by Gasteiger charge is 2.30. The number of guanidine groups is 1. The smallest absolute Gasteiger partial charge is 0.191 e. The summed E-state index contributed by atoms with van der Waals surface area (Å²) < 4.78 is 2.13. The zero-order valence-corrected chi connectivity index (χ0v) is 18.6. The Morgan fingerprint density at radius 1 is 1.26 bits per heavy atom. The van der Waals surface area contributed by atoms with Gasteiger partial charge in [-0.1, -0.05) is 18.9 Å². The van der Waals surface area contributed by atoms with E-state index in [0.717, 1.165) is 29.9 Å². The fraction of sp³-hybridized carbons (Fsp3) is 0.600. The van der Waals surface area contributed by atoms with Gasteiger partial charge in [-0.3, -0.25) is 9.89 Å². The Balaban J connectivity index is 0.00000210. The molecule has 2 aliphatic rings. The molecule has 0 amide bonds. The molecule has 7 heteroatoms. The van der Waals surface area contributed by atoms with E-state index in [2.05, 4.69) is 49.1 Å². The molecule has 2 fully saturated rings. The molecule has 1 saturated heterocycles.